The minimum absolute atomic E-state index is 0.0681. The Labute approximate surface area is 162 Å². The van der Waals surface area contributed by atoms with Gasteiger partial charge in [0.2, 0.25) is 0 Å². The van der Waals surface area contributed by atoms with Gasteiger partial charge in [-0.1, -0.05) is 18.6 Å². The van der Waals surface area contributed by atoms with Crippen LogP contribution in [0, 0.1) is 11.8 Å². The van der Waals surface area contributed by atoms with Crippen molar-refractivity contribution in [2.24, 2.45) is 22.6 Å². The van der Waals surface area contributed by atoms with Crippen LogP contribution in [-0.4, -0.2) is 56.0 Å². The number of carbonyl (C=O) groups is 1. The van der Waals surface area contributed by atoms with Gasteiger partial charge in [0, 0.05) is 30.9 Å². The summed E-state index contributed by atoms with van der Waals surface area (Å²) in [6.45, 7) is 6.28. The number of benzene rings is 1. The maximum atomic E-state index is 11.7. The van der Waals surface area contributed by atoms with Gasteiger partial charge in [-0.05, 0) is 56.7 Å². The van der Waals surface area contributed by atoms with Gasteiger partial charge in [-0.2, -0.15) is 0 Å². The van der Waals surface area contributed by atoms with Crippen molar-refractivity contribution < 1.29 is 9.53 Å². The molecule has 2 atom stereocenters. The zero-order valence-electron chi connectivity index (χ0n) is 16.3. The number of hydrogen-bond donors (Lipinski definition) is 2. The van der Waals surface area contributed by atoms with E-state index in [2.05, 4.69) is 10.2 Å². The summed E-state index contributed by atoms with van der Waals surface area (Å²) in [6.07, 6.45) is 4.92. The van der Waals surface area contributed by atoms with E-state index in [4.69, 9.17) is 15.5 Å². The molecule has 3 N–H and O–H groups in total. The molecule has 1 saturated carbocycles. The Bertz CT molecular complexity index is 655. The van der Waals surface area contributed by atoms with E-state index in [9.17, 15) is 4.79 Å². The summed E-state index contributed by atoms with van der Waals surface area (Å²) in [5.74, 6) is 2.20. The first-order chi connectivity index (χ1) is 13.2. The molecule has 0 bridgehead atoms. The van der Waals surface area contributed by atoms with Crippen LogP contribution < -0.4 is 11.1 Å². The van der Waals surface area contributed by atoms with Crippen molar-refractivity contribution in [3.63, 3.8) is 0 Å². The number of guanidine groups is 1. The molecule has 1 aromatic carbocycles. The van der Waals surface area contributed by atoms with E-state index in [1.54, 1.807) is 6.92 Å². The first-order valence-electron chi connectivity index (χ1n) is 10.1. The molecule has 1 saturated heterocycles. The molecule has 0 amide bonds. The zero-order chi connectivity index (χ0) is 19.1. The average Bonchev–Trinajstić information content (AvgIpc) is 2.72. The molecule has 1 heterocycles. The van der Waals surface area contributed by atoms with E-state index in [-0.39, 0.29) is 5.78 Å². The number of hydrogen-bond acceptors (Lipinski definition) is 4. The van der Waals surface area contributed by atoms with Gasteiger partial charge in [-0.15, -0.1) is 0 Å². The van der Waals surface area contributed by atoms with E-state index in [1.807, 2.05) is 24.3 Å². The molecule has 2 fully saturated rings. The van der Waals surface area contributed by atoms with Crippen LogP contribution >= 0.6 is 0 Å². The third-order valence-corrected chi connectivity index (χ3v) is 5.56. The van der Waals surface area contributed by atoms with Crippen LogP contribution in [-0.2, 0) is 4.74 Å². The summed E-state index contributed by atoms with van der Waals surface area (Å²) in [5, 5.41) is 3.45. The third-order valence-electron chi connectivity index (χ3n) is 5.56. The first-order valence-corrected chi connectivity index (χ1v) is 10.1. The molecule has 6 nitrogen and oxygen atoms in total. The lowest BCUT2D eigenvalue weighted by atomic mass is 9.81. The van der Waals surface area contributed by atoms with Crippen molar-refractivity contribution in [1.29, 1.82) is 0 Å². The molecule has 1 aliphatic carbocycles. The van der Waals surface area contributed by atoms with Crippen LogP contribution in [0.4, 0.5) is 5.69 Å². The van der Waals surface area contributed by atoms with Crippen LogP contribution in [0.25, 0.3) is 0 Å². The van der Waals surface area contributed by atoms with Crippen molar-refractivity contribution in [1.82, 2.24) is 4.90 Å². The normalized spacial score (nSPS) is 23.9. The number of anilines is 1. The summed E-state index contributed by atoms with van der Waals surface area (Å²) in [4.78, 5) is 18.9. The van der Waals surface area contributed by atoms with Gasteiger partial charge >= 0.3 is 0 Å². The summed E-state index contributed by atoms with van der Waals surface area (Å²) in [6, 6.07) is 7.62. The standard InChI is InChI=1S/C21H32N4O2/c1-16(26)19-6-3-7-20(13-19)24-21(25-8-10-27-11-9-25)23-15-18-5-2-4-17(12-18)14-22/h3,6-7,13,17-18H,2,4-5,8-12,14-15,22H2,1H3,(H,23,24). The maximum absolute atomic E-state index is 11.7. The molecule has 0 aromatic heterocycles. The summed E-state index contributed by atoms with van der Waals surface area (Å²) < 4.78 is 5.49. The maximum Gasteiger partial charge on any atom is 0.198 e. The summed E-state index contributed by atoms with van der Waals surface area (Å²) >= 11 is 0. The Morgan fingerprint density at radius 3 is 2.81 bits per heavy atom. The number of Topliss-reactive ketones (excluding diaryl/α,β-unsaturated/α-hetero) is 1. The molecule has 2 unspecified atom stereocenters. The second kappa shape index (κ2) is 9.85. The number of morpholine rings is 1. The lowest BCUT2D eigenvalue weighted by Crippen LogP contribution is -2.44. The van der Waals surface area contributed by atoms with Crippen LogP contribution in [0.15, 0.2) is 29.3 Å². The van der Waals surface area contributed by atoms with Crippen LogP contribution in [0.3, 0.4) is 0 Å². The van der Waals surface area contributed by atoms with Crippen molar-refractivity contribution in [2.45, 2.75) is 32.6 Å². The van der Waals surface area contributed by atoms with E-state index in [1.165, 1.54) is 25.7 Å². The van der Waals surface area contributed by atoms with Gasteiger partial charge in [0.25, 0.3) is 0 Å². The number of carbonyl (C=O) groups excluding carboxylic acids is 1. The molecule has 1 aliphatic heterocycles. The minimum Gasteiger partial charge on any atom is -0.378 e. The van der Waals surface area contributed by atoms with Crippen molar-refractivity contribution >= 4 is 17.4 Å². The second-order valence-corrected chi connectivity index (χ2v) is 7.66. The molecule has 0 spiro atoms. The minimum atomic E-state index is 0.0681. The first kappa shape index (κ1) is 19.8. The van der Waals surface area contributed by atoms with Gasteiger partial charge < -0.3 is 20.7 Å². The number of ketones is 1. The van der Waals surface area contributed by atoms with Crippen molar-refractivity contribution in [2.75, 3.05) is 44.7 Å². The average molecular weight is 373 g/mol. The lowest BCUT2D eigenvalue weighted by Gasteiger charge is -2.31. The second-order valence-electron chi connectivity index (χ2n) is 7.66. The van der Waals surface area contributed by atoms with Gasteiger partial charge in [-0.25, -0.2) is 0 Å². The lowest BCUT2D eigenvalue weighted by molar-refractivity contribution is 0.0678. The van der Waals surface area contributed by atoms with Gasteiger partial charge in [0.05, 0.1) is 13.2 Å². The third kappa shape index (κ3) is 5.78. The highest BCUT2D eigenvalue weighted by molar-refractivity contribution is 5.98. The van der Waals surface area contributed by atoms with Crippen molar-refractivity contribution in [3.8, 4) is 0 Å². The Morgan fingerprint density at radius 2 is 2.07 bits per heavy atom. The van der Waals surface area contributed by atoms with E-state index < -0.39 is 0 Å². The van der Waals surface area contributed by atoms with Crippen LogP contribution in [0.1, 0.15) is 43.0 Å². The number of nitrogens with one attached hydrogen (secondary N) is 1. The smallest absolute Gasteiger partial charge is 0.198 e. The number of aliphatic imine (C=N–C) groups is 1. The Hall–Kier alpha value is -1.92. The SMILES string of the molecule is CC(=O)c1cccc(NC(=NCC2CCCC(CN)C2)N2CCOCC2)c1. The van der Waals surface area contributed by atoms with Crippen molar-refractivity contribution in [3.05, 3.63) is 29.8 Å². The summed E-state index contributed by atoms with van der Waals surface area (Å²) in [7, 11) is 0. The molecule has 27 heavy (non-hydrogen) atoms. The molecule has 6 heteroatoms. The fourth-order valence-corrected chi connectivity index (χ4v) is 3.94. The molecular weight excluding hydrogens is 340 g/mol. The summed E-state index contributed by atoms with van der Waals surface area (Å²) in [5.41, 5.74) is 7.49. The molecule has 3 rings (SSSR count). The van der Waals surface area contributed by atoms with Crippen LogP contribution in [0.2, 0.25) is 0 Å². The Kier molecular flexibility index (Phi) is 7.24. The number of nitrogens with zero attached hydrogens (tertiary/aromatic N) is 2. The van der Waals surface area contributed by atoms with E-state index in [0.29, 0.717) is 30.6 Å². The Morgan fingerprint density at radius 1 is 1.30 bits per heavy atom. The predicted molar refractivity (Wildman–Crippen MR) is 109 cm³/mol. The van der Waals surface area contributed by atoms with Gasteiger partial charge in [0.15, 0.2) is 11.7 Å². The van der Waals surface area contributed by atoms with Gasteiger partial charge in [0.1, 0.15) is 0 Å². The predicted octanol–water partition coefficient (Wildman–Crippen LogP) is 2.75. The number of ether oxygens (including phenoxy) is 1. The van der Waals surface area contributed by atoms with E-state index in [0.717, 1.165) is 37.8 Å². The molecular formula is C21H32N4O2. The molecule has 1 aromatic rings. The van der Waals surface area contributed by atoms with Crippen LogP contribution in [0.5, 0.6) is 0 Å². The highest BCUT2D eigenvalue weighted by atomic mass is 16.5. The molecule has 148 valence electrons. The topological polar surface area (TPSA) is 80.0 Å². The zero-order valence-corrected chi connectivity index (χ0v) is 16.3. The quantitative estimate of drug-likeness (QED) is 0.472. The largest absolute Gasteiger partial charge is 0.378 e. The van der Waals surface area contributed by atoms with E-state index >= 15 is 0 Å². The number of rotatable bonds is 5. The fourth-order valence-electron chi connectivity index (χ4n) is 3.94. The molecule has 2 aliphatic rings. The van der Waals surface area contributed by atoms with Gasteiger partial charge in [-0.3, -0.25) is 9.79 Å². The highest BCUT2D eigenvalue weighted by Gasteiger charge is 2.22. The fraction of sp³-hybridized carbons (Fsp3) is 0.619. The highest BCUT2D eigenvalue weighted by Crippen LogP contribution is 2.28. The monoisotopic (exact) mass is 372 g/mol. The molecule has 0 radical (unpaired) electrons. The number of nitrogens with two attached hydrogens (primary N) is 1. The Balaban J connectivity index is 1.72.